The first-order valence-corrected chi connectivity index (χ1v) is 9.95. The van der Waals surface area contributed by atoms with Crippen LogP contribution in [0.15, 0.2) is 49.1 Å². The molecule has 0 saturated heterocycles. The van der Waals surface area contributed by atoms with Crippen LogP contribution in [0.1, 0.15) is 66.7 Å². The molecule has 0 spiro atoms. The molecule has 1 aliphatic carbocycles. The van der Waals surface area contributed by atoms with E-state index >= 15 is 8.78 Å². The van der Waals surface area contributed by atoms with Gasteiger partial charge in [0.25, 0.3) is 0 Å². The van der Waals surface area contributed by atoms with Crippen LogP contribution in [0.3, 0.4) is 0 Å². The maximum Gasteiger partial charge on any atom is 0.426 e. The Morgan fingerprint density at radius 2 is 1.90 bits per heavy atom. The van der Waals surface area contributed by atoms with Crippen molar-refractivity contribution < 1.29 is 17.9 Å². The second kappa shape index (κ2) is 9.17. The van der Waals surface area contributed by atoms with Gasteiger partial charge in [-0.05, 0) is 60.9 Å². The van der Waals surface area contributed by atoms with Gasteiger partial charge in [-0.2, -0.15) is 14.0 Å². The number of benzene rings is 2. The molecule has 0 unspecified atom stereocenters. The summed E-state index contributed by atoms with van der Waals surface area (Å²) in [5, 5.41) is 8.80. The third-order valence-corrected chi connectivity index (χ3v) is 5.42. The Bertz CT molecular complexity index is 911. The van der Waals surface area contributed by atoms with E-state index in [9.17, 15) is 4.39 Å². The van der Waals surface area contributed by atoms with Gasteiger partial charge in [-0.1, -0.05) is 37.5 Å². The second-order valence-corrected chi connectivity index (χ2v) is 7.46. The monoisotopic (exact) mass is 399 g/mol. The van der Waals surface area contributed by atoms with Crippen LogP contribution in [0.4, 0.5) is 13.2 Å². The average Bonchev–Trinajstić information content (AvgIpc) is 2.72. The number of aryl methyl sites for hydroxylation is 1. The number of nitriles is 1. The van der Waals surface area contributed by atoms with E-state index in [2.05, 4.69) is 6.58 Å². The Balaban J connectivity index is 1.94. The van der Waals surface area contributed by atoms with Gasteiger partial charge < -0.3 is 4.74 Å². The Hall–Kier alpha value is -2.74. The zero-order valence-corrected chi connectivity index (χ0v) is 16.3. The van der Waals surface area contributed by atoms with E-state index in [0.717, 1.165) is 62.6 Å². The van der Waals surface area contributed by atoms with E-state index in [4.69, 9.17) is 10.00 Å². The lowest BCUT2D eigenvalue weighted by molar-refractivity contribution is -0.186. The van der Waals surface area contributed by atoms with E-state index in [-0.39, 0.29) is 22.8 Å². The minimum absolute atomic E-state index is 0.0645. The first kappa shape index (κ1) is 21.0. The van der Waals surface area contributed by atoms with Gasteiger partial charge in [-0.25, -0.2) is 4.39 Å². The molecule has 1 saturated carbocycles. The summed E-state index contributed by atoms with van der Waals surface area (Å²) >= 11 is 0. The highest BCUT2D eigenvalue weighted by Crippen LogP contribution is 2.41. The maximum absolute atomic E-state index is 15.1. The van der Waals surface area contributed by atoms with Crippen molar-refractivity contribution in [1.29, 1.82) is 5.26 Å². The molecular weight excluding hydrogens is 375 g/mol. The summed E-state index contributed by atoms with van der Waals surface area (Å²) < 4.78 is 49.0. The van der Waals surface area contributed by atoms with E-state index < -0.39 is 11.9 Å². The molecule has 0 radical (unpaired) electrons. The van der Waals surface area contributed by atoms with Crippen LogP contribution in [-0.2, 0) is 12.5 Å². The lowest BCUT2D eigenvalue weighted by Gasteiger charge is -2.28. The summed E-state index contributed by atoms with van der Waals surface area (Å²) in [6.07, 6.45) is 4.65. The largest absolute Gasteiger partial charge is 0.429 e. The van der Waals surface area contributed by atoms with Gasteiger partial charge in [0.15, 0.2) is 0 Å². The minimum Gasteiger partial charge on any atom is -0.429 e. The summed E-state index contributed by atoms with van der Waals surface area (Å²) in [7, 11) is 0. The van der Waals surface area contributed by atoms with Gasteiger partial charge in [0.05, 0.1) is 11.1 Å². The first-order valence-electron chi connectivity index (χ1n) is 9.95. The number of rotatable bonds is 7. The smallest absolute Gasteiger partial charge is 0.426 e. The van der Waals surface area contributed by atoms with Gasteiger partial charge in [0.1, 0.15) is 17.6 Å². The van der Waals surface area contributed by atoms with Crippen molar-refractivity contribution in [3.05, 3.63) is 77.1 Å². The number of nitrogens with zero attached hydrogens (tertiary/aromatic N) is 1. The number of alkyl halides is 2. The highest BCUT2D eigenvalue weighted by molar-refractivity contribution is 5.40. The van der Waals surface area contributed by atoms with E-state index in [1.165, 1.54) is 12.1 Å². The fraction of sp³-hybridized carbons (Fsp3) is 0.375. The quantitative estimate of drug-likeness (QED) is 0.470. The zero-order chi connectivity index (χ0) is 20.9. The van der Waals surface area contributed by atoms with Crippen LogP contribution < -0.4 is 4.74 Å². The predicted octanol–water partition coefficient (Wildman–Crippen LogP) is 6.99. The maximum atomic E-state index is 15.1. The molecule has 2 aromatic rings. The molecule has 0 aromatic heterocycles. The fourth-order valence-corrected chi connectivity index (χ4v) is 3.91. The number of hydrogen-bond acceptors (Lipinski definition) is 2. The summed E-state index contributed by atoms with van der Waals surface area (Å²) in [6, 6.07) is 9.82. The van der Waals surface area contributed by atoms with Crippen molar-refractivity contribution in [3.8, 4) is 11.8 Å². The van der Waals surface area contributed by atoms with Gasteiger partial charge >= 0.3 is 6.11 Å². The van der Waals surface area contributed by atoms with Crippen molar-refractivity contribution in [2.45, 2.75) is 57.0 Å². The average molecular weight is 399 g/mol. The van der Waals surface area contributed by atoms with Crippen LogP contribution in [0.2, 0.25) is 0 Å². The van der Waals surface area contributed by atoms with E-state index in [0.29, 0.717) is 5.56 Å². The molecule has 1 aliphatic rings. The summed E-state index contributed by atoms with van der Waals surface area (Å²) in [5.74, 6) is -1.13. The topological polar surface area (TPSA) is 33.0 Å². The van der Waals surface area contributed by atoms with E-state index in [1.54, 1.807) is 12.1 Å². The molecule has 0 atom stereocenters. The Morgan fingerprint density at radius 3 is 2.55 bits per heavy atom. The molecule has 2 aromatic carbocycles. The Morgan fingerprint density at radius 1 is 1.14 bits per heavy atom. The van der Waals surface area contributed by atoms with Crippen molar-refractivity contribution in [3.63, 3.8) is 0 Å². The first-order chi connectivity index (χ1) is 13.9. The van der Waals surface area contributed by atoms with Crippen LogP contribution in [-0.4, -0.2) is 0 Å². The van der Waals surface area contributed by atoms with Crippen molar-refractivity contribution in [2.75, 3.05) is 0 Å². The Labute approximate surface area is 169 Å². The molecule has 5 heteroatoms. The molecule has 152 valence electrons. The van der Waals surface area contributed by atoms with Gasteiger partial charge in [0, 0.05) is 6.07 Å². The third kappa shape index (κ3) is 5.00. The van der Waals surface area contributed by atoms with Crippen molar-refractivity contribution in [1.82, 2.24) is 0 Å². The van der Waals surface area contributed by atoms with Crippen LogP contribution in [0.5, 0.6) is 5.75 Å². The normalized spacial score (nSPS) is 15.0. The van der Waals surface area contributed by atoms with Crippen LogP contribution in [0, 0.1) is 17.1 Å². The molecule has 0 aliphatic heterocycles. The molecule has 0 amide bonds. The highest BCUT2D eigenvalue weighted by Gasteiger charge is 2.39. The molecule has 29 heavy (non-hydrogen) atoms. The van der Waals surface area contributed by atoms with Gasteiger partial charge in [0.2, 0.25) is 0 Å². The molecule has 0 N–H and O–H groups in total. The van der Waals surface area contributed by atoms with E-state index in [1.807, 2.05) is 12.1 Å². The third-order valence-electron chi connectivity index (χ3n) is 5.42. The number of halogens is 3. The standard InChI is InChI=1S/C24H24F3NO/c1-2-3-7-17-10-13-22(21(14-17)18-8-5-4-6-9-18)24(26,27)29-20-12-11-19(16-28)23(25)15-20/h2,10-15,18H,1,3-9H2. The van der Waals surface area contributed by atoms with Gasteiger partial charge in [-0.15, -0.1) is 6.58 Å². The number of ether oxygens (including phenoxy) is 1. The predicted molar refractivity (Wildman–Crippen MR) is 106 cm³/mol. The zero-order valence-electron chi connectivity index (χ0n) is 16.3. The minimum atomic E-state index is -3.61. The number of hydrogen-bond donors (Lipinski definition) is 0. The van der Waals surface area contributed by atoms with Crippen LogP contribution >= 0.6 is 0 Å². The van der Waals surface area contributed by atoms with Crippen molar-refractivity contribution in [2.24, 2.45) is 0 Å². The summed E-state index contributed by atoms with van der Waals surface area (Å²) in [5.41, 5.74) is 1.23. The Kier molecular flexibility index (Phi) is 6.64. The SMILES string of the molecule is C=CCCc1ccc(C(F)(F)Oc2ccc(C#N)c(F)c2)c(C2CCCCC2)c1. The summed E-state index contributed by atoms with van der Waals surface area (Å²) in [6.45, 7) is 3.72. The molecule has 3 rings (SSSR count). The fourth-order valence-electron chi connectivity index (χ4n) is 3.91. The molecule has 2 nitrogen and oxygen atoms in total. The van der Waals surface area contributed by atoms with Crippen LogP contribution in [0.25, 0.3) is 0 Å². The van der Waals surface area contributed by atoms with Crippen molar-refractivity contribution >= 4 is 0 Å². The van der Waals surface area contributed by atoms with Gasteiger partial charge in [-0.3, -0.25) is 0 Å². The molecular formula is C24H24F3NO. The highest BCUT2D eigenvalue weighted by atomic mass is 19.3. The lowest BCUT2D eigenvalue weighted by atomic mass is 9.81. The molecule has 0 heterocycles. The molecule has 0 bridgehead atoms. The lowest BCUT2D eigenvalue weighted by Crippen LogP contribution is -2.25. The second-order valence-electron chi connectivity index (χ2n) is 7.46. The molecule has 1 fully saturated rings. The number of allylic oxidation sites excluding steroid dienone is 1. The summed E-state index contributed by atoms with van der Waals surface area (Å²) in [4.78, 5) is 0.